The Kier molecular flexibility index (Phi) is 7.10. The summed E-state index contributed by atoms with van der Waals surface area (Å²) < 4.78 is 26.4. The first-order valence-corrected chi connectivity index (χ1v) is 11.3. The van der Waals surface area contributed by atoms with E-state index >= 15 is 0 Å². The number of hydrogen-bond acceptors (Lipinski definition) is 5. The summed E-state index contributed by atoms with van der Waals surface area (Å²) in [5.41, 5.74) is 0.925. The van der Waals surface area contributed by atoms with Gasteiger partial charge >= 0.3 is 0 Å². The lowest BCUT2D eigenvalue weighted by Gasteiger charge is -2.37. The summed E-state index contributed by atoms with van der Waals surface area (Å²) in [4.78, 5) is 16.4. The molecule has 1 amide bonds. The molecule has 1 heterocycles. The molecular weight excluding hydrogens is 424 g/mol. The minimum absolute atomic E-state index is 0.0896. The van der Waals surface area contributed by atoms with Crippen LogP contribution < -0.4 is 0 Å². The van der Waals surface area contributed by atoms with Gasteiger partial charge in [-0.1, -0.05) is 41.9 Å². The van der Waals surface area contributed by atoms with Crippen molar-refractivity contribution in [2.75, 3.05) is 39.8 Å². The van der Waals surface area contributed by atoms with Gasteiger partial charge in [-0.2, -0.15) is 9.57 Å². The lowest BCUT2D eigenvalue weighted by molar-refractivity contribution is -0.133. The van der Waals surface area contributed by atoms with Crippen molar-refractivity contribution < 1.29 is 13.2 Å². The van der Waals surface area contributed by atoms with Gasteiger partial charge in [0.15, 0.2) is 0 Å². The van der Waals surface area contributed by atoms with Crippen LogP contribution in [0.4, 0.5) is 0 Å². The highest BCUT2D eigenvalue weighted by atomic mass is 35.5. The van der Waals surface area contributed by atoms with Gasteiger partial charge in [-0.25, -0.2) is 8.42 Å². The number of benzene rings is 2. The number of rotatable bonds is 6. The van der Waals surface area contributed by atoms with Crippen LogP contribution in [-0.4, -0.2) is 68.2 Å². The summed E-state index contributed by atoms with van der Waals surface area (Å²) in [5, 5.41) is 10.0. The molecule has 7 nitrogen and oxygen atoms in total. The molecule has 158 valence electrons. The van der Waals surface area contributed by atoms with Gasteiger partial charge in [0.1, 0.15) is 6.04 Å². The maximum atomic E-state index is 12.7. The van der Waals surface area contributed by atoms with Crippen LogP contribution in [0.1, 0.15) is 11.6 Å². The van der Waals surface area contributed by atoms with Crippen molar-refractivity contribution in [1.82, 2.24) is 14.1 Å². The van der Waals surface area contributed by atoms with E-state index in [1.807, 2.05) is 35.2 Å². The molecule has 30 heavy (non-hydrogen) atoms. The Balaban J connectivity index is 1.59. The topological polar surface area (TPSA) is 84.7 Å². The summed E-state index contributed by atoms with van der Waals surface area (Å²) in [7, 11) is -2.39. The van der Waals surface area contributed by atoms with Gasteiger partial charge in [0.2, 0.25) is 15.9 Å². The van der Waals surface area contributed by atoms with Crippen molar-refractivity contribution in [3.05, 3.63) is 65.2 Å². The van der Waals surface area contributed by atoms with E-state index in [1.165, 1.54) is 31.3 Å². The van der Waals surface area contributed by atoms with E-state index in [2.05, 4.69) is 6.07 Å². The summed E-state index contributed by atoms with van der Waals surface area (Å²) in [6.07, 6.45) is 0. The van der Waals surface area contributed by atoms with Gasteiger partial charge in [0, 0.05) is 38.2 Å². The molecule has 2 aromatic rings. The number of piperazine rings is 1. The number of carbonyl (C=O) groups is 1. The van der Waals surface area contributed by atoms with Gasteiger partial charge in [-0.05, 0) is 29.8 Å². The molecule has 1 saturated heterocycles. The Morgan fingerprint density at radius 1 is 1.10 bits per heavy atom. The van der Waals surface area contributed by atoms with Crippen molar-refractivity contribution in [3.8, 4) is 6.07 Å². The highest BCUT2D eigenvalue weighted by Crippen LogP contribution is 2.22. The first-order valence-electron chi connectivity index (χ1n) is 9.51. The summed E-state index contributed by atoms with van der Waals surface area (Å²) in [5.74, 6) is -0.261. The molecule has 1 aliphatic heterocycles. The molecule has 0 saturated carbocycles. The molecule has 0 spiro atoms. The molecule has 3 rings (SSSR count). The number of nitrogens with zero attached hydrogens (tertiary/aromatic N) is 4. The smallest absolute Gasteiger partial charge is 0.243 e. The molecule has 1 fully saturated rings. The van der Waals surface area contributed by atoms with Crippen LogP contribution in [-0.2, 0) is 14.8 Å². The predicted molar refractivity (Wildman–Crippen MR) is 114 cm³/mol. The highest BCUT2D eigenvalue weighted by molar-refractivity contribution is 7.89. The number of sulfonamides is 1. The number of amides is 1. The second-order valence-electron chi connectivity index (χ2n) is 7.07. The van der Waals surface area contributed by atoms with E-state index < -0.39 is 10.0 Å². The van der Waals surface area contributed by atoms with Crippen molar-refractivity contribution in [2.24, 2.45) is 0 Å². The third kappa shape index (κ3) is 4.99. The Bertz CT molecular complexity index is 1010. The van der Waals surface area contributed by atoms with Crippen LogP contribution in [0.15, 0.2) is 59.5 Å². The van der Waals surface area contributed by atoms with Crippen LogP contribution in [0, 0.1) is 11.3 Å². The molecule has 0 N–H and O–H groups in total. The Labute approximate surface area is 182 Å². The van der Waals surface area contributed by atoms with Gasteiger partial charge in [-0.15, -0.1) is 0 Å². The zero-order chi connectivity index (χ0) is 21.7. The van der Waals surface area contributed by atoms with Crippen molar-refractivity contribution in [2.45, 2.75) is 10.9 Å². The average molecular weight is 447 g/mol. The van der Waals surface area contributed by atoms with Crippen molar-refractivity contribution in [3.63, 3.8) is 0 Å². The van der Waals surface area contributed by atoms with E-state index in [0.29, 0.717) is 31.2 Å². The Morgan fingerprint density at radius 3 is 2.27 bits per heavy atom. The van der Waals surface area contributed by atoms with E-state index in [0.717, 1.165) is 9.87 Å². The second-order valence-corrected chi connectivity index (χ2v) is 9.56. The summed E-state index contributed by atoms with van der Waals surface area (Å²) in [6, 6.07) is 17.4. The zero-order valence-electron chi connectivity index (χ0n) is 16.6. The largest absolute Gasteiger partial charge is 0.339 e. The van der Waals surface area contributed by atoms with Gasteiger partial charge in [0.25, 0.3) is 0 Å². The summed E-state index contributed by atoms with van der Waals surface area (Å²) >= 11 is 5.82. The summed E-state index contributed by atoms with van der Waals surface area (Å²) in [6.45, 7) is 1.74. The first kappa shape index (κ1) is 22.2. The molecule has 2 aromatic carbocycles. The SMILES string of the molecule is CN(CC(=O)N1CCN(C(C#N)c2ccccc2)CC1)S(=O)(=O)c1ccc(Cl)cc1. The molecule has 1 aliphatic rings. The Morgan fingerprint density at radius 2 is 1.70 bits per heavy atom. The zero-order valence-corrected chi connectivity index (χ0v) is 18.2. The highest BCUT2D eigenvalue weighted by Gasteiger charge is 2.29. The molecule has 0 aromatic heterocycles. The van der Waals surface area contributed by atoms with Gasteiger partial charge in [0.05, 0.1) is 17.5 Å². The molecular formula is C21H23ClN4O3S. The third-order valence-electron chi connectivity index (χ3n) is 5.15. The normalized spacial score (nSPS) is 16.3. The lowest BCUT2D eigenvalue weighted by atomic mass is 10.1. The van der Waals surface area contributed by atoms with Crippen molar-refractivity contribution in [1.29, 1.82) is 5.26 Å². The number of likely N-dealkylation sites (N-methyl/N-ethyl adjacent to an activating group) is 1. The number of hydrogen-bond donors (Lipinski definition) is 0. The quantitative estimate of drug-likeness (QED) is 0.680. The monoisotopic (exact) mass is 446 g/mol. The maximum absolute atomic E-state index is 12.7. The molecule has 1 unspecified atom stereocenters. The lowest BCUT2D eigenvalue weighted by Crippen LogP contribution is -2.51. The molecule has 9 heteroatoms. The molecule has 0 aliphatic carbocycles. The minimum Gasteiger partial charge on any atom is -0.339 e. The van der Waals surface area contributed by atoms with Crippen molar-refractivity contribution >= 4 is 27.5 Å². The maximum Gasteiger partial charge on any atom is 0.243 e. The molecule has 0 radical (unpaired) electrons. The van der Waals surface area contributed by atoms with Crippen LogP contribution >= 0.6 is 11.6 Å². The average Bonchev–Trinajstić information content (AvgIpc) is 2.75. The Hall–Kier alpha value is -2.44. The minimum atomic E-state index is -3.78. The number of nitriles is 1. The van der Waals surface area contributed by atoms with Gasteiger partial charge in [-0.3, -0.25) is 9.69 Å². The molecule has 0 bridgehead atoms. The standard InChI is InChI=1S/C21H23ClN4O3S/c1-24(30(28,29)19-9-7-18(22)8-10-19)16-21(27)26-13-11-25(12-14-26)20(15-23)17-5-3-2-4-6-17/h2-10,20H,11-14,16H2,1H3. The number of halogens is 1. The fraction of sp³-hybridized carbons (Fsp3) is 0.333. The van der Waals surface area contributed by atoms with Crippen LogP contribution in [0.3, 0.4) is 0 Å². The van der Waals surface area contributed by atoms with E-state index in [1.54, 1.807) is 4.90 Å². The van der Waals surface area contributed by atoms with E-state index in [9.17, 15) is 18.5 Å². The fourth-order valence-electron chi connectivity index (χ4n) is 3.39. The second kappa shape index (κ2) is 9.58. The molecule has 1 atom stereocenters. The van der Waals surface area contributed by atoms with E-state index in [-0.39, 0.29) is 23.4 Å². The third-order valence-corrected chi connectivity index (χ3v) is 7.22. The van der Waals surface area contributed by atoms with Crippen LogP contribution in [0.2, 0.25) is 5.02 Å². The van der Waals surface area contributed by atoms with Crippen LogP contribution in [0.25, 0.3) is 0 Å². The predicted octanol–water partition coefficient (Wildman–Crippen LogP) is 2.37. The van der Waals surface area contributed by atoms with E-state index in [4.69, 9.17) is 11.6 Å². The fourth-order valence-corrected chi connectivity index (χ4v) is 4.64. The first-order chi connectivity index (χ1) is 14.3. The van der Waals surface area contributed by atoms with Crippen LogP contribution in [0.5, 0.6) is 0 Å². The number of carbonyl (C=O) groups excluding carboxylic acids is 1. The van der Waals surface area contributed by atoms with Gasteiger partial charge < -0.3 is 4.90 Å².